The van der Waals surface area contributed by atoms with E-state index in [2.05, 4.69) is 24.2 Å². The Balaban J connectivity index is 2.62. The number of rotatable bonds is 5. The lowest BCUT2D eigenvalue weighted by Crippen LogP contribution is -2.11. The van der Waals surface area contributed by atoms with Gasteiger partial charge in [-0.25, -0.2) is 9.48 Å². The van der Waals surface area contributed by atoms with Gasteiger partial charge in [0.1, 0.15) is 0 Å². The molecule has 0 aliphatic heterocycles. The number of benzene rings is 1. The molecule has 0 atom stereocenters. The van der Waals surface area contributed by atoms with Crippen molar-refractivity contribution in [3.63, 3.8) is 0 Å². The monoisotopic (exact) mass is 287 g/mol. The summed E-state index contributed by atoms with van der Waals surface area (Å²) in [5, 5.41) is 17.3. The second-order valence-electron chi connectivity index (χ2n) is 5.32. The first kappa shape index (κ1) is 15.2. The number of aromatic carboxylic acids is 1. The van der Waals surface area contributed by atoms with Crippen LogP contribution in [0.1, 0.15) is 59.9 Å². The van der Waals surface area contributed by atoms with Crippen molar-refractivity contribution >= 4 is 5.97 Å². The topological polar surface area (TPSA) is 68.0 Å². The van der Waals surface area contributed by atoms with Crippen molar-refractivity contribution in [1.82, 2.24) is 15.0 Å². The van der Waals surface area contributed by atoms with Crippen LogP contribution in [-0.4, -0.2) is 26.1 Å². The van der Waals surface area contributed by atoms with E-state index >= 15 is 0 Å². The van der Waals surface area contributed by atoms with Crippen molar-refractivity contribution in [3.8, 4) is 5.69 Å². The fourth-order valence-corrected chi connectivity index (χ4v) is 2.53. The van der Waals surface area contributed by atoms with Crippen LogP contribution in [0.3, 0.4) is 0 Å². The zero-order valence-electron chi connectivity index (χ0n) is 12.9. The number of hydrogen-bond acceptors (Lipinski definition) is 3. The van der Waals surface area contributed by atoms with Gasteiger partial charge in [0.15, 0.2) is 5.69 Å². The number of aromatic nitrogens is 3. The molecule has 2 aromatic rings. The van der Waals surface area contributed by atoms with Gasteiger partial charge in [-0.15, -0.1) is 5.10 Å². The number of hydrogen-bond donors (Lipinski definition) is 1. The second kappa shape index (κ2) is 6.08. The minimum Gasteiger partial charge on any atom is -0.476 e. The standard InChI is InChI=1S/C16H21N3O2/c1-5-12(6-2)15-14(16(20)21)17-18-19(15)13-8-7-10(3)11(4)9-13/h7-9,12H,5-6H2,1-4H3,(H,20,21). The van der Waals surface area contributed by atoms with Gasteiger partial charge in [0.2, 0.25) is 0 Å². The molecule has 2 rings (SSSR count). The van der Waals surface area contributed by atoms with Gasteiger partial charge in [-0.1, -0.05) is 25.1 Å². The quantitative estimate of drug-likeness (QED) is 0.914. The smallest absolute Gasteiger partial charge is 0.358 e. The van der Waals surface area contributed by atoms with Crippen LogP contribution in [-0.2, 0) is 0 Å². The maximum absolute atomic E-state index is 11.4. The van der Waals surface area contributed by atoms with Crippen LogP contribution in [0.25, 0.3) is 5.69 Å². The molecule has 0 radical (unpaired) electrons. The molecular weight excluding hydrogens is 266 g/mol. The Morgan fingerprint density at radius 1 is 1.24 bits per heavy atom. The minimum atomic E-state index is -1.02. The third-order valence-corrected chi connectivity index (χ3v) is 4.01. The highest BCUT2D eigenvalue weighted by Crippen LogP contribution is 2.28. The molecule has 0 saturated heterocycles. The average molecular weight is 287 g/mol. The van der Waals surface area contributed by atoms with Crippen LogP contribution < -0.4 is 0 Å². The lowest BCUT2D eigenvalue weighted by molar-refractivity contribution is 0.0688. The molecule has 1 aromatic heterocycles. The van der Waals surface area contributed by atoms with Crippen LogP contribution in [0, 0.1) is 13.8 Å². The number of carboxylic acid groups (broad SMARTS) is 1. The summed E-state index contributed by atoms with van der Waals surface area (Å²) in [7, 11) is 0. The van der Waals surface area contributed by atoms with E-state index < -0.39 is 5.97 Å². The summed E-state index contributed by atoms with van der Waals surface area (Å²) < 4.78 is 1.67. The summed E-state index contributed by atoms with van der Waals surface area (Å²) in [5.74, 6) is -0.889. The molecule has 0 aliphatic carbocycles. The van der Waals surface area contributed by atoms with E-state index in [0.717, 1.165) is 24.1 Å². The molecule has 0 unspecified atom stereocenters. The summed E-state index contributed by atoms with van der Waals surface area (Å²) in [6.07, 6.45) is 1.71. The molecule has 5 nitrogen and oxygen atoms in total. The molecule has 1 aromatic carbocycles. The lowest BCUT2D eigenvalue weighted by Gasteiger charge is -2.15. The first-order chi connectivity index (χ1) is 9.99. The molecule has 0 fully saturated rings. The first-order valence-electron chi connectivity index (χ1n) is 7.26. The van der Waals surface area contributed by atoms with Crippen molar-refractivity contribution in [2.24, 2.45) is 0 Å². The van der Waals surface area contributed by atoms with Gasteiger partial charge in [-0.3, -0.25) is 0 Å². The van der Waals surface area contributed by atoms with Gasteiger partial charge in [-0.05, 0) is 49.9 Å². The van der Waals surface area contributed by atoms with Gasteiger partial charge in [0, 0.05) is 5.92 Å². The highest BCUT2D eigenvalue weighted by atomic mass is 16.4. The largest absolute Gasteiger partial charge is 0.476 e. The van der Waals surface area contributed by atoms with E-state index in [9.17, 15) is 9.90 Å². The molecule has 1 N–H and O–H groups in total. The maximum atomic E-state index is 11.4. The number of nitrogens with zero attached hydrogens (tertiary/aromatic N) is 3. The molecule has 112 valence electrons. The van der Waals surface area contributed by atoms with Crippen molar-refractivity contribution < 1.29 is 9.90 Å². The van der Waals surface area contributed by atoms with Crippen LogP contribution >= 0.6 is 0 Å². The highest BCUT2D eigenvalue weighted by Gasteiger charge is 2.25. The van der Waals surface area contributed by atoms with Crippen molar-refractivity contribution in [1.29, 1.82) is 0 Å². The highest BCUT2D eigenvalue weighted by molar-refractivity contribution is 5.86. The molecule has 0 aliphatic rings. The predicted octanol–water partition coefficient (Wildman–Crippen LogP) is 3.49. The Kier molecular flexibility index (Phi) is 4.40. The van der Waals surface area contributed by atoms with Gasteiger partial charge >= 0.3 is 5.97 Å². The van der Waals surface area contributed by atoms with Gasteiger partial charge < -0.3 is 5.11 Å². The molecule has 0 bridgehead atoms. The van der Waals surface area contributed by atoms with E-state index in [1.54, 1.807) is 4.68 Å². The van der Waals surface area contributed by atoms with Crippen molar-refractivity contribution in [3.05, 3.63) is 40.7 Å². The SMILES string of the molecule is CCC(CC)c1c(C(=O)O)nnn1-c1ccc(C)c(C)c1. The van der Waals surface area contributed by atoms with E-state index in [1.165, 1.54) is 5.56 Å². The molecular formula is C16H21N3O2. The summed E-state index contributed by atoms with van der Waals surface area (Å²) in [6, 6.07) is 5.99. The van der Waals surface area contributed by atoms with Gasteiger partial charge in [-0.2, -0.15) is 0 Å². The van der Waals surface area contributed by atoms with E-state index in [0.29, 0.717) is 5.69 Å². The molecule has 21 heavy (non-hydrogen) atoms. The Morgan fingerprint density at radius 2 is 1.90 bits per heavy atom. The first-order valence-corrected chi connectivity index (χ1v) is 7.26. The van der Waals surface area contributed by atoms with Gasteiger partial charge in [0.25, 0.3) is 0 Å². The molecule has 0 spiro atoms. The van der Waals surface area contributed by atoms with E-state index in [4.69, 9.17) is 0 Å². The zero-order valence-corrected chi connectivity index (χ0v) is 12.9. The summed E-state index contributed by atoms with van der Waals surface area (Å²) >= 11 is 0. The fraction of sp³-hybridized carbons (Fsp3) is 0.438. The summed E-state index contributed by atoms with van der Waals surface area (Å²) in [5.41, 5.74) is 3.95. The van der Waals surface area contributed by atoms with E-state index in [1.807, 2.05) is 32.0 Å². The van der Waals surface area contributed by atoms with Crippen molar-refractivity contribution in [2.45, 2.75) is 46.5 Å². The third kappa shape index (κ3) is 2.82. The Morgan fingerprint density at radius 3 is 2.43 bits per heavy atom. The van der Waals surface area contributed by atoms with E-state index in [-0.39, 0.29) is 11.6 Å². The Bertz CT molecular complexity index is 658. The Labute approximate surface area is 124 Å². The lowest BCUT2D eigenvalue weighted by atomic mass is 9.97. The number of carbonyl (C=O) groups is 1. The average Bonchev–Trinajstić information content (AvgIpc) is 2.88. The molecule has 0 amide bonds. The maximum Gasteiger partial charge on any atom is 0.358 e. The van der Waals surface area contributed by atoms with Crippen LogP contribution in [0.5, 0.6) is 0 Å². The Hall–Kier alpha value is -2.17. The number of aryl methyl sites for hydroxylation is 2. The summed E-state index contributed by atoms with van der Waals surface area (Å²) in [6.45, 7) is 8.19. The van der Waals surface area contributed by atoms with Crippen LogP contribution in [0.2, 0.25) is 0 Å². The molecule has 5 heteroatoms. The molecule has 0 saturated carbocycles. The third-order valence-electron chi connectivity index (χ3n) is 4.01. The van der Waals surface area contributed by atoms with Crippen LogP contribution in [0.4, 0.5) is 0 Å². The molecule has 1 heterocycles. The minimum absolute atomic E-state index is 0.0573. The fourth-order valence-electron chi connectivity index (χ4n) is 2.53. The van der Waals surface area contributed by atoms with Gasteiger partial charge in [0.05, 0.1) is 11.4 Å². The number of carboxylic acids is 1. The van der Waals surface area contributed by atoms with Crippen molar-refractivity contribution in [2.75, 3.05) is 0 Å². The normalized spacial score (nSPS) is 11.1. The predicted molar refractivity (Wildman–Crippen MR) is 81.1 cm³/mol. The zero-order chi connectivity index (χ0) is 15.6. The summed E-state index contributed by atoms with van der Waals surface area (Å²) in [4.78, 5) is 11.4. The second-order valence-corrected chi connectivity index (χ2v) is 5.32. The van der Waals surface area contributed by atoms with Crippen LogP contribution in [0.15, 0.2) is 18.2 Å².